The van der Waals surface area contributed by atoms with Gasteiger partial charge in [0.25, 0.3) is 0 Å². The predicted molar refractivity (Wildman–Crippen MR) is 97.7 cm³/mol. The van der Waals surface area contributed by atoms with Crippen molar-refractivity contribution in [2.24, 2.45) is 9.98 Å². The lowest BCUT2D eigenvalue weighted by atomic mass is 10.1. The van der Waals surface area contributed by atoms with Gasteiger partial charge in [0.1, 0.15) is 12.4 Å². The molecule has 1 fully saturated rings. The van der Waals surface area contributed by atoms with Crippen molar-refractivity contribution in [3.8, 4) is 0 Å². The fourth-order valence-electron chi connectivity index (χ4n) is 2.88. The van der Waals surface area contributed by atoms with Gasteiger partial charge in [-0.25, -0.2) is 4.99 Å². The molecule has 0 atom stereocenters. The molecule has 26 heavy (non-hydrogen) atoms. The summed E-state index contributed by atoms with van der Waals surface area (Å²) >= 11 is 0. The van der Waals surface area contributed by atoms with Crippen molar-refractivity contribution in [1.82, 2.24) is 4.90 Å². The molecule has 0 aromatic heterocycles. The Hall–Kier alpha value is -2.63. The van der Waals surface area contributed by atoms with Crippen LogP contribution in [0.25, 0.3) is 0 Å². The summed E-state index contributed by atoms with van der Waals surface area (Å²) in [4.78, 5) is 10.5. The second-order valence-electron chi connectivity index (χ2n) is 6.12. The van der Waals surface area contributed by atoms with Gasteiger partial charge in [0, 0.05) is 24.2 Å². The molecule has 1 aliphatic rings. The van der Waals surface area contributed by atoms with Gasteiger partial charge in [0.2, 0.25) is 0 Å². The van der Waals surface area contributed by atoms with E-state index in [0.29, 0.717) is 11.4 Å². The van der Waals surface area contributed by atoms with Crippen LogP contribution in [0, 0.1) is 0 Å². The van der Waals surface area contributed by atoms with Crippen LogP contribution in [0.15, 0.2) is 70.6 Å². The normalized spacial score (nSPS) is 16.2. The SMILES string of the molecule is FC(F)(F)CN=C(N=C(c1ccccc1)N1CCCC1)c1ccccc1. The summed E-state index contributed by atoms with van der Waals surface area (Å²) in [6.45, 7) is 0.437. The number of nitrogens with zero attached hydrogens (tertiary/aromatic N) is 3. The van der Waals surface area contributed by atoms with Crippen molar-refractivity contribution >= 4 is 11.7 Å². The first-order valence-electron chi connectivity index (χ1n) is 8.58. The molecule has 0 amide bonds. The Kier molecular flexibility index (Phi) is 5.71. The van der Waals surface area contributed by atoms with Crippen molar-refractivity contribution in [3.63, 3.8) is 0 Å². The minimum atomic E-state index is -4.36. The number of amidine groups is 2. The van der Waals surface area contributed by atoms with Crippen LogP contribution in [0.1, 0.15) is 24.0 Å². The molecular formula is C20H20F3N3. The summed E-state index contributed by atoms with van der Waals surface area (Å²) in [7, 11) is 0. The Labute approximate surface area is 150 Å². The Bertz CT molecular complexity index is 762. The van der Waals surface area contributed by atoms with E-state index in [1.807, 2.05) is 36.4 Å². The summed E-state index contributed by atoms with van der Waals surface area (Å²) in [5, 5.41) is 0. The first kappa shape index (κ1) is 18.2. The Morgan fingerprint density at radius 1 is 0.846 bits per heavy atom. The highest BCUT2D eigenvalue weighted by Crippen LogP contribution is 2.18. The molecule has 0 bridgehead atoms. The van der Waals surface area contributed by atoms with Crippen molar-refractivity contribution in [1.29, 1.82) is 0 Å². The number of benzene rings is 2. The van der Waals surface area contributed by atoms with E-state index in [1.54, 1.807) is 24.3 Å². The number of halogens is 3. The minimum Gasteiger partial charge on any atom is -0.356 e. The van der Waals surface area contributed by atoms with E-state index in [2.05, 4.69) is 14.9 Å². The van der Waals surface area contributed by atoms with Crippen molar-refractivity contribution < 1.29 is 13.2 Å². The number of hydrogen-bond acceptors (Lipinski definition) is 1. The molecule has 136 valence electrons. The van der Waals surface area contributed by atoms with Crippen LogP contribution < -0.4 is 0 Å². The lowest BCUT2D eigenvalue weighted by Crippen LogP contribution is -2.30. The summed E-state index contributed by atoms with van der Waals surface area (Å²) in [5.41, 5.74) is 1.45. The van der Waals surface area contributed by atoms with E-state index in [0.717, 1.165) is 31.5 Å². The van der Waals surface area contributed by atoms with E-state index in [4.69, 9.17) is 0 Å². The topological polar surface area (TPSA) is 28.0 Å². The average Bonchev–Trinajstić information content (AvgIpc) is 3.17. The summed E-state index contributed by atoms with van der Waals surface area (Å²) in [6.07, 6.45) is -2.27. The van der Waals surface area contributed by atoms with Gasteiger partial charge >= 0.3 is 6.18 Å². The molecule has 1 heterocycles. The zero-order valence-electron chi connectivity index (χ0n) is 14.3. The van der Waals surface area contributed by atoms with Crippen molar-refractivity contribution in [3.05, 3.63) is 71.8 Å². The highest BCUT2D eigenvalue weighted by Gasteiger charge is 2.27. The van der Waals surface area contributed by atoms with Crippen LogP contribution in [-0.4, -0.2) is 42.4 Å². The minimum absolute atomic E-state index is 0.105. The fourth-order valence-corrected chi connectivity index (χ4v) is 2.88. The Morgan fingerprint density at radius 3 is 1.92 bits per heavy atom. The predicted octanol–water partition coefficient (Wildman–Crippen LogP) is 4.54. The Morgan fingerprint density at radius 2 is 1.38 bits per heavy atom. The maximum Gasteiger partial charge on any atom is 0.408 e. The number of alkyl halides is 3. The van der Waals surface area contributed by atoms with E-state index >= 15 is 0 Å². The van der Waals surface area contributed by atoms with Crippen molar-refractivity contribution in [2.75, 3.05) is 19.6 Å². The third-order valence-electron chi connectivity index (χ3n) is 4.09. The third kappa shape index (κ3) is 4.94. The maximum absolute atomic E-state index is 12.7. The first-order chi connectivity index (χ1) is 12.5. The summed E-state index contributed by atoms with van der Waals surface area (Å²) in [6, 6.07) is 18.3. The number of aliphatic imine (C=N–C) groups is 2. The molecular weight excluding hydrogens is 339 g/mol. The van der Waals surface area contributed by atoms with Gasteiger partial charge in [0.05, 0.1) is 0 Å². The van der Waals surface area contributed by atoms with Gasteiger partial charge in [-0.15, -0.1) is 0 Å². The highest BCUT2D eigenvalue weighted by atomic mass is 19.4. The lowest BCUT2D eigenvalue weighted by molar-refractivity contribution is -0.118. The molecule has 0 unspecified atom stereocenters. The summed E-state index contributed by atoms with van der Waals surface area (Å²) < 4.78 is 38.2. The molecule has 0 spiro atoms. The molecule has 0 N–H and O–H groups in total. The van der Waals surface area contributed by atoms with Gasteiger partial charge < -0.3 is 4.90 Å². The molecule has 1 aliphatic heterocycles. The number of likely N-dealkylation sites (tertiary alicyclic amines) is 1. The van der Waals surface area contributed by atoms with Gasteiger partial charge in [-0.1, -0.05) is 60.7 Å². The standard InChI is InChI=1S/C20H20F3N3/c21-20(22,23)15-24-18(16-9-3-1-4-10-16)25-19(26-13-7-8-14-26)17-11-5-2-6-12-17/h1-6,9-12H,7-8,13-15H2. The average molecular weight is 359 g/mol. The molecule has 3 rings (SSSR count). The molecule has 1 saturated heterocycles. The van der Waals surface area contributed by atoms with E-state index < -0.39 is 12.7 Å². The molecule has 6 heteroatoms. The van der Waals surface area contributed by atoms with E-state index in [9.17, 15) is 13.2 Å². The summed E-state index contributed by atoms with van der Waals surface area (Å²) in [5.74, 6) is 0.779. The third-order valence-corrected chi connectivity index (χ3v) is 4.09. The highest BCUT2D eigenvalue weighted by molar-refractivity contribution is 6.11. The Balaban J connectivity index is 2.04. The zero-order chi connectivity index (χ0) is 18.4. The van der Waals surface area contributed by atoms with Crippen LogP contribution in [0.3, 0.4) is 0 Å². The molecule has 0 aliphatic carbocycles. The molecule has 3 nitrogen and oxygen atoms in total. The van der Waals surface area contributed by atoms with Crippen molar-refractivity contribution in [2.45, 2.75) is 19.0 Å². The fraction of sp³-hybridized carbons (Fsp3) is 0.300. The first-order valence-corrected chi connectivity index (χ1v) is 8.58. The van der Waals surface area contributed by atoms with Crippen LogP contribution in [-0.2, 0) is 0 Å². The molecule has 2 aromatic carbocycles. The lowest BCUT2D eigenvalue weighted by Gasteiger charge is -2.21. The van der Waals surface area contributed by atoms with Crippen LogP contribution >= 0.6 is 0 Å². The van der Waals surface area contributed by atoms with Crippen LogP contribution in [0.5, 0.6) is 0 Å². The second-order valence-corrected chi connectivity index (χ2v) is 6.12. The molecule has 0 radical (unpaired) electrons. The van der Waals surface area contributed by atoms with Gasteiger partial charge in [-0.2, -0.15) is 13.2 Å². The molecule has 0 saturated carbocycles. The monoisotopic (exact) mass is 359 g/mol. The van der Waals surface area contributed by atoms with E-state index in [-0.39, 0.29) is 5.84 Å². The smallest absolute Gasteiger partial charge is 0.356 e. The number of rotatable bonds is 3. The largest absolute Gasteiger partial charge is 0.408 e. The number of hydrogen-bond donors (Lipinski definition) is 0. The quantitative estimate of drug-likeness (QED) is 0.584. The second kappa shape index (κ2) is 8.17. The van der Waals surface area contributed by atoms with Crippen LogP contribution in [0.2, 0.25) is 0 Å². The van der Waals surface area contributed by atoms with Gasteiger partial charge in [-0.3, -0.25) is 4.99 Å². The zero-order valence-corrected chi connectivity index (χ0v) is 14.3. The van der Waals surface area contributed by atoms with E-state index in [1.165, 1.54) is 0 Å². The van der Waals surface area contributed by atoms with Gasteiger partial charge in [-0.05, 0) is 12.8 Å². The molecule has 2 aromatic rings. The van der Waals surface area contributed by atoms with Crippen LogP contribution in [0.4, 0.5) is 13.2 Å². The van der Waals surface area contributed by atoms with Gasteiger partial charge in [0.15, 0.2) is 5.84 Å². The maximum atomic E-state index is 12.7.